The standard InChI is InChI=1S/C17H24FNO3/c1-17(2)13(6-8-19-9-7-16(20)21-3)10-12-11-14(18)4-5-15(12)22-17/h4-5,11,13,19H,6-10H2,1-3H3. The zero-order valence-electron chi connectivity index (χ0n) is 13.4. The van der Waals surface area contributed by atoms with Crippen molar-refractivity contribution in [2.45, 2.75) is 38.7 Å². The number of hydrogen-bond donors (Lipinski definition) is 1. The summed E-state index contributed by atoms with van der Waals surface area (Å²) >= 11 is 0. The predicted molar refractivity (Wildman–Crippen MR) is 82.4 cm³/mol. The number of hydrogen-bond acceptors (Lipinski definition) is 4. The van der Waals surface area contributed by atoms with E-state index < -0.39 is 0 Å². The molecule has 0 aliphatic carbocycles. The average molecular weight is 309 g/mol. The van der Waals surface area contributed by atoms with Crippen LogP contribution in [-0.4, -0.2) is 31.8 Å². The van der Waals surface area contributed by atoms with Crippen molar-refractivity contribution >= 4 is 5.97 Å². The van der Waals surface area contributed by atoms with Crippen molar-refractivity contribution in [1.82, 2.24) is 5.32 Å². The highest BCUT2D eigenvalue weighted by Gasteiger charge is 2.36. The number of carbonyl (C=O) groups is 1. The molecular formula is C17H24FNO3. The smallest absolute Gasteiger partial charge is 0.306 e. The normalized spacial score (nSPS) is 19.2. The molecule has 5 heteroatoms. The van der Waals surface area contributed by atoms with E-state index in [1.807, 2.05) is 0 Å². The quantitative estimate of drug-likeness (QED) is 0.648. The number of methoxy groups -OCH3 is 1. The molecule has 0 radical (unpaired) electrons. The number of nitrogens with one attached hydrogen (secondary N) is 1. The molecule has 122 valence electrons. The summed E-state index contributed by atoms with van der Waals surface area (Å²) in [5.41, 5.74) is 0.647. The molecule has 0 saturated carbocycles. The molecule has 1 aromatic rings. The molecule has 0 aromatic heterocycles. The maximum Gasteiger partial charge on any atom is 0.306 e. The number of fused-ring (bicyclic) bond motifs is 1. The Morgan fingerprint density at radius 1 is 1.45 bits per heavy atom. The summed E-state index contributed by atoms with van der Waals surface area (Å²) in [6.45, 7) is 5.53. The lowest BCUT2D eigenvalue weighted by atomic mass is 9.80. The van der Waals surface area contributed by atoms with E-state index in [0.717, 1.165) is 30.7 Å². The fourth-order valence-corrected chi connectivity index (χ4v) is 2.83. The van der Waals surface area contributed by atoms with Crippen molar-refractivity contribution in [1.29, 1.82) is 0 Å². The van der Waals surface area contributed by atoms with Crippen LogP contribution < -0.4 is 10.1 Å². The molecule has 1 N–H and O–H groups in total. The molecule has 0 fully saturated rings. The van der Waals surface area contributed by atoms with E-state index in [4.69, 9.17) is 4.74 Å². The summed E-state index contributed by atoms with van der Waals surface area (Å²) in [7, 11) is 1.39. The Morgan fingerprint density at radius 3 is 2.95 bits per heavy atom. The van der Waals surface area contributed by atoms with Crippen LogP contribution in [0.15, 0.2) is 18.2 Å². The first-order valence-electron chi connectivity index (χ1n) is 7.67. The van der Waals surface area contributed by atoms with Gasteiger partial charge in [-0.15, -0.1) is 0 Å². The second kappa shape index (κ2) is 7.09. The van der Waals surface area contributed by atoms with Gasteiger partial charge in [0.05, 0.1) is 13.5 Å². The molecule has 22 heavy (non-hydrogen) atoms. The molecule has 0 amide bonds. The van der Waals surface area contributed by atoms with Gasteiger partial charge >= 0.3 is 5.97 Å². The molecule has 1 unspecified atom stereocenters. The van der Waals surface area contributed by atoms with E-state index >= 15 is 0 Å². The first-order chi connectivity index (χ1) is 10.4. The Hall–Kier alpha value is -1.62. The van der Waals surface area contributed by atoms with Gasteiger partial charge in [0.25, 0.3) is 0 Å². The highest BCUT2D eigenvalue weighted by atomic mass is 19.1. The first kappa shape index (κ1) is 16.7. The van der Waals surface area contributed by atoms with Crippen LogP contribution in [0.2, 0.25) is 0 Å². The molecule has 1 atom stereocenters. The van der Waals surface area contributed by atoms with E-state index in [2.05, 4.69) is 23.9 Å². The van der Waals surface area contributed by atoms with Crippen LogP contribution in [0, 0.1) is 11.7 Å². The molecule has 0 saturated heterocycles. The van der Waals surface area contributed by atoms with Crippen molar-refractivity contribution in [2.24, 2.45) is 5.92 Å². The molecule has 0 bridgehead atoms. The summed E-state index contributed by atoms with van der Waals surface area (Å²) in [6.07, 6.45) is 2.08. The summed E-state index contributed by atoms with van der Waals surface area (Å²) in [4.78, 5) is 11.0. The third-order valence-electron chi connectivity index (χ3n) is 4.25. The van der Waals surface area contributed by atoms with Crippen LogP contribution in [0.4, 0.5) is 4.39 Å². The minimum Gasteiger partial charge on any atom is -0.487 e. The van der Waals surface area contributed by atoms with Gasteiger partial charge in [-0.25, -0.2) is 4.39 Å². The molecule has 1 heterocycles. The second-order valence-corrected chi connectivity index (χ2v) is 6.22. The van der Waals surface area contributed by atoms with Crippen LogP contribution in [0.1, 0.15) is 32.3 Å². The maximum atomic E-state index is 13.4. The van der Waals surface area contributed by atoms with Crippen molar-refractivity contribution in [2.75, 3.05) is 20.2 Å². The number of benzene rings is 1. The van der Waals surface area contributed by atoms with Crippen LogP contribution in [-0.2, 0) is 16.0 Å². The Morgan fingerprint density at radius 2 is 2.23 bits per heavy atom. The summed E-state index contributed by atoms with van der Waals surface area (Å²) in [5, 5.41) is 3.24. The SMILES string of the molecule is COC(=O)CCNCCC1Cc2cc(F)ccc2OC1(C)C. The number of halogens is 1. The van der Waals surface area contributed by atoms with Crippen LogP contribution in [0.25, 0.3) is 0 Å². The minimum atomic E-state index is -0.283. The highest BCUT2D eigenvalue weighted by molar-refractivity contribution is 5.69. The van der Waals surface area contributed by atoms with E-state index in [-0.39, 0.29) is 17.4 Å². The molecular weight excluding hydrogens is 285 g/mol. The summed E-state index contributed by atoms with van der Waals surface area (Å²) in [5.74, 6) is 0.643. The zero-order chi connectivity index (χ0) is 16.2. The lowest BCUT2D eigenvalue weighted by Crippen LogP contribution is -2.43. The second-order valence-electron chi connectivity index (χ2n) is 6.22. The number of carbonyl (C=O) groups excluding carboxylic acids is 1. The lowest BCUT2D eigenvalue weighted by Gasteiger charge is -2.40. The van der Waals surface area contributed by atoms with Gasteiger partial charge in [-0.05, 0) is 57.0 Å². The minimum absolute atomic E-state index is 0.210. The van der Waals surface area contributed by atoms with Crippen LogP contribution in [0.3, 0.4) is 0 Å². The Kier molecular flexibility index (Phi) is 5.40. The summed E-state index contributed by atoms with van der Waals surface area (Å²) < 4.78 is 24.0. The van der Waals surface area contributed by atoms with Gasteiger partial charge in [-0.1, -0.05) is 0 Å². The fourth-order valence-electron chi connectivity index (χ4n) is 2.83. The van der Waals surface area contributed by atoms with Gasteiger partial charge in [0.15, 0.2) is 0 Å². The monoisotopic (exact) mass is 309 g/mol. The van der Waals surface area contributed by atoms with Crippen molar-refractivity contribution in [3.63, 3.8) is 0 Å². The topological polar surface area (TPSA) is 47.6 Å². The third-order valence-corrected chi connectivity index (χ3v) is 4.25. The van der Waals surface area contributed by atoms with E-state index in [0.29, 0.717) is 18.9 Å². The Labute approximate surface area is 131 Å². The number of rotatable bonds is 6. The molecule has 1 aromatic carbocycles. The van der Waals surface area contributed by atoms with Gasteiger partial charge in [-0.3, -0.25) is 4.79 Å². The van der Waals surface area contributed by atoms with Gasteiger partial charge in [0.2, 0.25) is 0 Å². The van der Waals surface area contributed by atoms with E-state index in [1.54, 1.807) is 12.1 Å². The molecule has 1 aliphatic rings. The molecule has 0 spiro atoms. The third kappa shape index (κ3) is 4.19. The van der Waals surface area contributed by atoms with Gasteiger partial charge < -0.3 is 14.8 Å². The Balaban J connectivity index is 1.87. The van der Waals surface area contributed by atoms with Crippen molar-refractivity contribution < 1.29 is 18.7 Å². The van der Waals surface area contributed by atoms with Crippen molar-refractivity contribution in [3.05, 3.63) is 29.6 Å². The average Bonchev–Trinajstić information content (AvgIpc) is 2.47. The van der Waals surface area contributed by atoms with Crippen LogP contribution >= 0.6 is 0 Å². The zero-order valence-corrected chi connectivity index (χ0v) is 13.4. The number of esters is 1. The van der Waals surface area contributed by atoms with Gasteiger partial charge in [0.1, 0.15) is 17.2 Å². The highest BCUT2D eigenvalue weighted by Crippen LogP contribution is 2.38. The van der Waals surface area contributed by atoms with Gasteiger partial charge in [0, 0.05) is 12.5 Å². The van der Waals surface area contributed by atoms with E-state index in [1.165, 1.54) is 13.2 Å². The lowest BCUT2D eigenvalue weighted by molar-refractivity contribution is -0.140. The molecule has 2 rings (SSSR count). The molecule has 1 aliphatic heterocycles. The van der Waals surface area contributed by atoms with Gasteiger partial charge in [-0.2, -0.15) is 0 Å². The van der Waals surface area contributed by atoms with E-state index in [9.17, 15) is 9.18 Å². The van der Waals surface area contributed by atoms with Crippen molar-refractivity contribution in [3.8, 4) is 5.75 Å². The first-order valence-corrected chi connectivity index (χ1v) is 7.67. The predicted octanol–water partition coefficient (Wildman–Crippen LogP) is 2.70. The maximum absolute atomic E-state index is 13.4. The molecule has 4 nitrogen and oxygen atoms in total. The number of ether oxygens (including phenoxy) is 2. The summed E-state index contributed by atoms with van der Waals surface area (Å²) in [6, 6.07) is 4.70. The van der Waals surface area contributed by atoms with Crippen LogP contribution in [0.5, 0.6) is 5.75 Å². The Bertz CT molecular complexity index is 531. The fraction of sp³-hybridized carbons (Fsp3) is 0.588. The largest absolute Gasteiger partial charge is 0.487 e.